The van der Waals surface area contributed by atoms with Crippen LogP contribution in [0.3, 0.4) is 0 Å². The molecule has 0 rings (SSSR count). The number of aliphatic hydroxyl groups is 1. The molecule has 0 aromatic heterocycles. The summed E-state index contributed by atoms with van der Waals surface area (Å²) in [6.45, 7) is 4.41. The fourth-order valence-electron chi connectivity index (χ4n) is 0.386. The van der Waals surface area contributed by atoms with Crippen LogP contribution < -0.4 is 0 Å². The second kappa shape index (κ2) is 4.47. The van der Waals surface area contributed by atoms with Gasteiger partial charge in [-0.25, -0.2) is 0 Å². The minimum Gasteiger partial charge on any atom is -0.396 e. The second-order valence-corrected chi connectivity index (χ2v) is 4.90. The first-order valence-electron chi connectivity index (χ1n) is 2.97. The molecule has 0 aliphatic rings. The van der Waals surface area contributed by atoms with E-state index in [1.807, 2.05) is 0 Å². The summed E-state index contributed by atoms with van der Waals surface area (Å²) in [6, 6.07) is 0. The average Bonchev–Trinajstić information content (AvgIpc) is 1.63. The Morgan fingerprint density at radius 1 is 1.56 bits per heavy atom. The minimum absolute atomic E-state index is 0.0971. The zero-order chi connectivity index (χ0) is 7.33. The van der Waals surface area contributed by atoms with Gasteiger partial charge in [0.15, 0.2) is 0 Å². The predicted octanol–water partition coefficient (Wildman–Crippen LogP) is 1.42. The monoisotopic (exact) mass is 166 g/mol. The third-order valence-corrected chi connectivity index (χ3v) is 2.46. The van der Waals surface area contributed by atoms with Crippen molar-refractivity contribution in [2.75, 3.05) is 18.1 Å². The van der Waals surface area contributed by atoms with E-state index in [1.165, 1.54) is 0 Å². The van der Waals surface area contributed by atoms with Crippen LogP contribution >= 0.6 is 24.4 Å². The van der Waals surface area contributed by atoms with Crippen molar-refractivity contribution in [3.63, 3.8) is 0 Å². The van der Waals surface area contributed by atoms with Crippen LogP contribution in [0.5, 0.6) is 0 Å². The van der Waals surface area contributed by atoms with E-state index >= 15 is 0 Å². The summed E-state index contributed by atoms with van der Waals surface area (Å²) < 4.78 is 0.0971. The van der Waals surface area contributed by atoms with Gasteiger partial charge in [-0.05, 0) is 0 Å². The van der Waals surface area contributed by atoms with Crippen molar-refractivity contribution in [3.8, 4) is 0 Å². The maximum atomic E-state index is 8.42. The molecule has 0 saturated heterocycles. The lowest BCUT2D eigenvalue weighted by atomic mass is 10.2. The Morgan fingerprint density at radius 2 is 2.11 bits per heavy atom. The van der Waals surface area contributed by atoms with Crippen LogP contribution in [0.2, 0.25) is 0 Å². The molecule has 9 heavy (non-hydrogen) atoms. The van der Waals surface area contributed by atoms with E-state index < -0.39 is 0 Å². The Balaban J connectivity index is 3.07. The lowest BCUT2D eigenvalue weighted by Gasteiger charge is -2.15. The number of aliphatic hydroxyl groups excluding tert-OH is 1. The summed E-state index contributed by atoms with van der Waals surface area (Å²) in [5.74, 6) is 1.82. The highest BCUT2D eigenvalue weighted by Crippen LogP contribution is 2.18. The molecule has 0 unspecified atom stereocenters. The summed E-state index contributed by atoms with van der Waals surface area (Å²) in [5, 5.41) is 8.42. The van der Waals surface area contributed by atoms with Crippen LogP contribution in [0.1, 0.15) is 13.8 Å². The lowest BCUT2D eigenvalue weighted by Crippen LogP contribution is -2.14. The first-order valence-corrected chi connectivity index (χ1v) is 4.57. The highest BCUT2D eigenvalue weighted by Gasteiger charge is 2.09. The van der Waals surface area contributed by atoms with Crippen molar-refractivity contribution >= 4 is 24.4 Å². The van der Waals surface area contributed by atoms with Gasteiger partial charge >= 0.3 is 0 Å². The van der Waals surface area contributed by atoms with E-state index in [9.17, 15) is 0 Å². The molecular formula is C6H14OS2. The number of thiol groups is 1. The molecule has 0 bridgehead atoms. The van der Waals surface area contributed by atoms with Gasteiger partial charge in [0, 0.05) is 16.3 Å². The maximum absolute atomic E-state index is 8.42. The molecule has 0 radical (unpaired) electrons. The van der Waals surface area contributed by atoms with Crippen molar-refractivity contribution in [3.05, 3.63) is 0 Å². The number of hydrogen-bond acceptors (Lipinski definition) is 3. The molecule has 0 atom stereocenters. The zero-order valence-corrected chi connectivity index (χ0v) is 7.63. The Bertz CT molecular complexity index is 67.9. The molecule has 3 heteroatoms. The van der Waals surface area contributed by atoms with Crippen molar-refractivity contribution in [1.29, 1.82) is 0 Å². The molecule has 1 nitrogen and oxygen atoms in total. The molecule has 0 aromatic carbocycles. The Morgan fingerprint density at radius 3 is 2.44 bits per heavy atom. The fourth-order valence-corrected chi connectivity index (χ4v) is 1.43. The van der Waals surface area contributed by atoms with E-state index in [0.29, 0.717) is 0 Å². The molecule has 0 aromatic rings. The first kappa shape index (κ1) is 9.66. The number of hydrogen-bond donors (Lipinski definition) is 2. The third kappa shape index (κ3) is 8.66. The number of rotatable bonds is 4. The largest absolute Gasteiger partial charge is 0.396 e. The van der Waals surface area contributed by atoms with Gasteiger partial charge in [0.2, 0.25) is 0 Å². The van der Waals surface area contributed by atoms with Crippen LogP contribution in [0.4, 0.5) is 0 Å². The topological polar surface area (TPSA) is 20.2 Å². The molecule has 0 amide bonds. The van der Waals surface area contributed by atoms with Gasteiger partial charge in [0.1, 0.15) is 0 Å². The molecule has 0 heterocycles. The normalized spacial score (nSPS) is 12.0. The second-order valence-electron chi connectivity index (χ2n) is 2.59. The summed E-state index contributed by atoms with van der Waals surface area (Å²) >= 11 is 6.06. The van der Waals surface area contributed by atoms with E-state index in [4.69, 9.17) is 5.11 Å². The van der Waals surface area contributed by atoms with Gasteiger partial charge in [0.25, 0.3) is 0 Å². The molecule has 0 aliphatic heterocycles. The molecular weight excluding hydrogens is 152 g/mol. The predicted molar refractivity (Wildman–Crippen MR) is 47.5 cm³/mol. The molecule has 0 spiro atoms. The summed E-state index contributed by atoms with van der Waals surface area (Å²) in [4.78, 5) is 0. The smallest absolute Gasteiger partial charge is 0.0521 e. The van der Waals surface area contributed by atoms with Crippen molar-refractivity contribution < 1.29 is 5.11 Å². The average molecular weight is 166 g/mol. The van der Waals surface area contributed by atoms with Crippen LogP contribution in [-0.2, 0) is 0 Å². The summed E-state index contributed by atoms with van der Waals surface area (Å²) in [6.07, 6.45) is 0. The van der Waals surface area contributed by atoms with Crippen LogP contribution in [0.15, 0.2) is 0 Å². The molecule has 56 valence electrons. The van der Waals surface area contributed by atoms with Gasteiger partial charge in [0.05, 0.1) is 6.61 Å². The van der Waals surface area contributed by atoms with E-state index in [0.717, 1.165) is 11.5 Å². The Kier molecular flexibility index (Phi) is 4.80. The molecule has 0 fully saturated rings. The van der Waals surface area contributed by atoms with E-state index in [2.05, 4.69) is 26.5 Å². The standard InChI is InChI=1S/C6H14OS2/c1-6(2,8)5-9-4-3-7/h7-8H,3-5H2,1-2H3. The quantitative estimate of drug-likeness (QED) is 0.486. The SMILES string of the molecule is CC(C)(S)CSCCO. The Labute approximate surface area is 66.6 Å². The first-order chi connectivity index (χ1) is 4.06. The van der Waals surface area contributed by atoms with Gasteiger partial charge in [-0.3, -0.25) is 0 Å². The fraction of sp³-hybridized carbons (Fsp3) is 1.00. The van der Waals surface area contributed by atoms with Gasteiger partial charge < -0.3 is 5.11 Å². The lowest BCUT2D eigenvalue weighted by molar-refractivity contribution is 0.322. The summed E-state index contributed by atoms with van der Waals surface area (Å²) in [5.41, 5.74) is 0. The van der Waals surface area contributed by atoms with Gasteiger partial charge in [-0.2, -0.15) is 24.4 Å². The van der Waals surface area contributed by atoms with Crippen molar-refractivity contribution in [1.82, 2.24) is 0 Å². The highest BCUT2D eigenvalue weighted by molar-refractivity contribution is 8.00. The van der Waals surface area contributed by atoms with Gasteiger partial charge in [-0.15, -0.1) is 0 Å². The maximum Gasteiger partial charge on any atom is 0.0521 e. The molecule has 1 N–H and O–H groups in total. The number of thioether (sulfide) groups is 1. The minimum atomic E-state index is 0.0971. The van der Waals surface area contributed by atoms with E-state index in [1.54, 1.807) is 11.8 Å². The van der Waals surface area contributed by atoms with Crippen LogP contribution in [-0.4, -0.2) is 28.0 Å². The Hall–Kier alpha value is 0.660. The molecule has 0 saturated carbocycles. The zero-order valence-electron chi connectivity index (χ0n) is 5.92. The summed E-state index contributed by atoms with van der Waals surface area (Å²) in [7, 11) is 0. The van der Waals surface area contributed by atoms with Crippen molar-refractivity contribution in [2.24, 2.45) is 0 Å². The highest BCUT2D eigenvalue weighted by atomic mass is 32.2. The third-order valence-electron chi connectivity index (χ3n) is 0.691. The van der Waals surface area contributed by atoms with E-state index in [-0.39, 0.29) is 11.4 Å². The van der Waals surface area contributed by atoms with Gasteiger partial charge in [-0.1, -0.05) is 13.8 Å². The van der Waals surface area contributed by atoms with Crippen LogP contribution in [0, 0.1) is 0 Å². The molecule has 0 aliphatic carbocycles. The van der Waals surface area contributed by atoms with Crippen molar-refractivity contribution in [2.45, 2.75) is 18.6 Å². The van der Waals surface area contributed by atoms with Crippen LogP contribution in [0.25, 0.3) is 0 Å².